The van der Waals surface area contributed by atoms with Crippen molar-refractivity contribution in [3.05, 3.63) is 99.0 Å². The second-order valence-corrected chi connectivity index (χ2v) is 13.5. The molecule has 3 N–H and O–H groups in total. The Morgan fingerprint density at radius 3 is 2.34 bits per heavy atom. The Kier molecular flexibility index (Phi) is 8.84. The van der Waals surface area contributed by atoms with Gasteiger partial charge in [0.2, 0.25) is 5.91 Å². The summed E-state index contributed by atoms with van der Waals surface area (Å²) in [5.74, 6) is -6.30. The average molecular weight is 669 g/mol. The van der Waals surface area contributed by atoms with Crippen molar-refractivity contribution >= 4 is 43.5 Å². The SMILES string of the molecule is NC1C[C@@H]2CC[C@@H](C1)N2C(=O)[C@H](c1cc(Cl)ccc1CONS(=O)(=O)c1ccccc1)C(F)(F)c1ccc(Br)cc1. The van der Waals surface area contributed by atoms with E-state index in [-0.39, 0.29) is 44.7 Å². The maximum absolute atomic E-state index is 16.6. The van der Waals surface area contributed by atoms with E-state index < -0.39 is 34.4 Å². The maximum atomic E-state index is 16.6. The number of fused-ring (bicyclic) bond motifs is 2. The molecular formula is C29H29BrClF2N3O4S. The summed E-state index contributed by atoms with van der Waals surface area (Å²) in [6.07, 6.45) is 2.50. The lowest BCUT2D eigenvalue weighted by molar-refractivity contribution is -0.148. The van der Waals surface area contributed by atoms with Crippen molar-refractivity contribution in [3.8, 4) is 0 Å². The summed E-state index contributed by atoms with van der Waals surface area (Å²) in [6, 6.07) is 16.9. The number of hydrogen-bond donors (Lipinski definition) is 2. The quantitative estimate of drug-likeness (QED) is 0.278. The zero-order valence-corrected chi connectivity index (χ0v) is 25.0. The van der Waals surface area contributed by atoms with E-state index in [1.807, 2.05) is 4.89 Å². The van der Waals surface area contributed by atoms with Gasteiger partial charge in [0.15, 0.2) is 0 Å². The van der Waals surface area contributed by atoms with Crippen molar-refractivity contribution in [2.75, 3.05) is 0 Å². The van der Waals surface area contributed by atoms with Gasteiger partial charge in [-0.25, -0.2) is 17.2 Å². The molecule has 0 radical (unpaired) electrons. The van der Waals surface area contributed by atoms with Crippen LogP contribution in [-0.4, -0.2) is 37.4 Å². The number of benzene rings is 3. The van der Waals surface area contributed by atoms with Crippen molar-refractivity contribution in [2.24, 2.45) is 5.73 Å². The number of carbonyl (C=O) groups excluding carboxylic acids is 1. The third-order valence-electron chi connectivity index (χ3n) is 7.73. The van der Waals surface area contributed by atoms with E-state index in [1.165, 1.54) is 54.6 Å². The van der Waals surface area contributed by atoms with Gasteiger partial charge in [-0.15, -0.1) is 0 Å². The van der Waals surface area contributed by atoms with Crippen molar-refractivity contribution in [2.45, 2.75) is 67.2 Å². The molecule has 1 amide bonds. The summed E-state index contributed by atoms with van der Waals surface area (Å²) < 4.78 is 59.0. The van der Waals surface area contributed by atoms with Gasteiger partial charge >= 0.3 is 0 Å². The molecule has 0 spiro atoms. The van der Waals surface area contributed by atoms with Gasteiger partial charge in [0.25, 0.3) is 15.9 Å². The van der Waals surface area contributed by atoms with Gasteiger partial charge in [0.1, 0.15) is 5.92 Å². The Morgan fingerprint density at radius 2 is 1.71 bits per heavy atom. The zero-order valence-electron chi connectivity index (χ0n) is 21.9. The van der Waals surface area contributed by atoms with E-state index in [1.54, 1.807) is 23.1 Å². The monoisotopic (exact) mass is 667 g/mol. The van der Waals surface area contributed by atoms with Gasteiger partial charge in [-0.1, -0.05) is 68.8 Å². The summed E-state index contributed by atoms with van der Waals surface area (Å²) >= 11 is 9.57. The summed E-state index contributed by atoms with van der Waals surface area (Å²) in [7, 11) is -4.03. The van der Waals surface area contributed by atoms with Crippen LogP contribution in [0.3, 0.4) is 0 Å². The molecule has 2 heterocycles. The Bertz CT molecular complexity index is 1500. The topological polar surface area (TPSA) is 102 Å². The lowest BCUT2D eigenvalue weighted by Crippen LogP contribution is -2.53. The highest BCUT2D eigenvalue weighted by Crippen LogP contribution is 2.48. The third-order valence-corrected chi connectivity index (χ3v) is 9.73. The second kappa shape index (κ2) is 12.1. The Morgan fingerprint density at radius 1 is 1.07 bits per heavy atom. The van der Waals surface area contributed by atoms with E-state index in [0.29, 0.717) is 30.2 Å². The Labute approximate surface area is 251 Å². The number of nitrogens with zero attached hydrogens (tertiary/aromatic N) is 1. The van der Waals surface area contributed by atoms with Crippen LogP contribution in [0.1, 0.15) is 48.3 Å². The summed E-state index contributed by atoms with van der Waals surface area (Å²) in [5.41, 5.74) is 6.01. The molecule has 41 heavy (non-hydrogen) atoms. The van der Waals surface area contributed by atoms with Gasteiger partial charge in [-0.2, -0.15) is 0 Å². The van der Waals surface area contributed by atoms with Gasteiger partial charge in [0.05, 0.1) is 11.5 Å². The number of rotatable bonds is 9. The van der Waals surface area contributed by atoms with E-state index >= 15 is 8.78 Å². The molecule has 12 heteroatoms. The lowest BCUT2D eigenvalue weighted by Gasteiger charge is -2.41. The van der Waals surface area contributed by atoms with E-state index in [9.17, 15) is 13.2 Å². The molecule has 0 unspecified atom stereocenters. The summed E-state index contributed by atoms with van der Waals surface area (Å²) in [4.78, 5) is 23.2. The summed E-state index contributed by atoms with van der Waals surface area (Å²) in [5, 5.41) is 0.154. The number of nitrogens with one attached hydrogen (secondary N) is 1. The lowest BCUT2D eigenvalue weighted by atomic mass is 9.83. The van der Waals surface area contributed by atoms with Crippen LogP contribution in [0.2, 0.25) is 5.02 Å². The molecular weight excluding hydrogens is 640 g/mol. The van der Waals surface area contributed by atoms with Crippen LogP contribution in [0.25, 0.3) is 0 Å². The largest absolute Gasteiger partial charge is 0.336 e. The predicted octanol–water partition coefficient (Wildman–Crippen LogP) is 5.87. The first-order valence-electron chi connectivity index (χ1n) is 13.2. The van der Waals surface area contributed by atoms with Crippen LogP contribution in [0, 0.1) is 0 Å². The van der Waals surface area contributed by atoms with Crippen molar-refractivity contribution in [3.63, 3.8) is 0 Å². The Hall–Kier alpha value is -2.41. The Balaban J connectivity index is 1.52. The molecule has 2 aliphatic rings. The minimum Gasteiger partial charge on any atom is -0.336 e. The standard InChI is InChI=1S/C29H29BrClF2N3O4S/c30-20-9-7-19(8-10-20)29(32,33)27(28(37)36-23-12-13-24(36)16-22(34)15-23)26-14-21(31)11-6-18(26)17-40-35-41(38,39)25-4-2-1-3-5-25/h1-11,14,22-24,27,35H,12-13,15-17,34H2/t23-,24-,27-/m0/s1. The van der Waals surface area contributed by atoms with Gasteiger partial charge in [-0.3, -0.25) is 9.63 Å². The molecule has 3 atom stereocenters. The summed E-state index contributed by atoms with van der Waals surface area (Å²) in [6.45, 7) is -0.420. The second-order valence-electron chi connectivity index (χ2n) is 10.5. The molecule has 2 aliphatic heterocycles. The fourth-order valence-electron chi connectivity index (χ4n) is 5.85. The first-order chi connectivity index (χ1) is 19.5. The number of alkyl halides is 2. The number of carbonyl (C=O) groups is 1. The van der Waals surface area contributed by atoms with Crippen LogP contribution in [-0.2, 0) is 32.2 Å². The van der Waals surface area contributed by atoms with E-state index in [0.717, 1.165) is 0 Å². The number of hydrogen-bond acceptors (Lipinski definition) is 5. The normalized spacial score (nSPS) is 21.6. The minimum absolute atomic E-state index is 0.0232. The molecule has 2 bridgehead atoms. The number of sulfonamides is 1. The molecule has 7 nitrogen and oxygen atoms in total. The number of nitrogens with two attached hydrogens (primary N) is 1. The fraction of sp³-hybridized carbons (Fsp3) is 0.345. The first-order valence-corrected chi connectivity index (χ1v) is 15.8. The predicted molar refractivity (Wildman–Crippen MR) is 155 cm³/mol. The van der Waals surface area contributed by atoms with E-state index in [2.05, 4.69) is 15.9 Å². The van der Waals surface area contributed by atoms with Crippen LogP contribution >= 0.6 is 27.5 Å². The highest BCUT2D eigenvalue weighted by atomic mass is 79.9. The molecule has 218 valence electrons. The smallest absolute Gasteiger partial charge is 0.288 e. The zero-order chi connectivity index (χ0) is 29.4. The van der Waals surface area contributed by atoms with Crippen LogP contribution in [0.15, 0.2) is 82.2 Å². The van der Waals surface area contributed by atoms with Gasteiger partial charge in [-0.05, 0) is 73.2 Å². The van der Waals surface area contributed by atoms with Crippen molar-refractivity contribution < 1.29 is 26.8 Å². The fourth-order valence-corrected chi connectivity index (χ4v) is 7.12. The number of halogens is 4. The molecule has 2 saturated heterocycles. The number of piperidine rings is 1. The van der Waals surface area contributed by atoms with Crippen LogP contribution < -0.4 is 10.6 Å². The van der Waals surface area contributed by atoms with Crippen molar-refractivity contribution in [1.29, 1.82) is 0 Å². The average Bonchev–Trinajstić information content (AvgIpc) is 3.21. The van der Waals surface area contributed by atoms with Crippen LogP contribution in [0.5, 0.6) is 0 Å². The molecule has 3 aromatic rings. The van der Waals surface area contributed by atoms with Gasteiger partial charge < -0.3 is 10.6 Å². The first kappa shape index (κ1) is 30.1. The molecule has 3 aromatic carbocycles. The minimum atomic E-state index is -4.03. The van der Waals surface area contributed by atoms with Crippen LogP contribution in [0.4, 0.5) is 8.78 Å². The molecule has 5 rings (SSSR count). The molecule has 2 fully saturated rings. The third kappa shape index (κ3) is 6.35. The highest BCUT2D eigenvalue weighted by molar-refractivity contribution is 9.10. The van der Waals surface area contributed by atoms with E-state index in [4.69, 9.17) is 22.2 Å². The highest BCUT2D eigenvalue weighted by Gasteiger charge is 2.53. The number of amides is 1. The van der Waals surface area contributed by atoms with Gasteiger partial charge in [0, 0.05) is 33.2 Å². The maximum Gasteiger partial charge on any atom is 0.288 e. The van der Waals surface area contributed by atoms with Crippen molar-refractivity contribution in [1.82, 2.24) is 9.79 Å². The molecule has 0 saturated carbocycles. The molecule has 0 aliphatic carbocycles. The molecule has 0 aromatic heterocycles.